The average molecular weight is 525 g/mol. The highest BCUT2D eigenvalue weighted by Crippen LogP contribution is 2.27. The molecule has 0 bridgehead atoms. The van der Waals surface area contributed by atoms with E-state index in [9.17, 15) is 19.8 Å². The van der Waals surface area contributed by atoms with Gasteiger partial charge in [-0.1, -0.05) is 0 Å². The molecule has 39 heavy (non-hydrogen) atoms. The van der Waals surface area contributed by atoms with Crippen molar-refractivity contribution in [3.05, 3.63) is 96.1 Å². The van der Waals surface area contributed by atoms with Crippen LogP contribution in [0.3, 0.4) is 0 Å². The second-order valence-corrected chi connectivity index (χ2v) is 8.24. The summed E-state index contributed by atoms with van der Waals surface area (Å²) < 4.78 is 4.63. The molecule has 0 radical (unpaired) electrons. The standard InChI is InChI=1S/C28H24N6O5/c1-17-15-22(11-13-25(17)35)33-31-20-7-3-18(4-8-20)29-28(38)30-19-5-9-21(10-6-19)32-34-23-12-14-26(36)24(16-23)27(37)39-2/h3-16,35-36H,1-2H3,(H2,29,30,38). The zero-order valence-corrected chi connectivity index (χ0v) is 21.0. The molecule has 0 aliphatic carbocycles. The Labute approximate surface area is 223 Å². The number of benzene rings is 4. The fourth-order valence-electron chi connectivity index (χ4n) is 3.31. The van der Waals surface area contributed by atoms with Gasteiger partial charge in [-0.3, -0.25) is 0 Å². The SMILES string of the molecule is COC(=O)c1cc(N=Nc2ccc(NC(=O)Nc3ccc(N=Nc4ccc(O)c(C)c4)cc3)cc2)ccc1O. The van der Waals surface area contributed by atoms with E-state index in [0.717, 1.165) is 0 Å². The molecule has 0 aliphatic heterocycles. The van der Waals surface area contributed by atoms with Crippen molar-refractivity contribution in [1.29, 1.82) is 0 Å². The molecule has 0 aliphatic rings. The molecule has 0 unspecified atom stereocenters. The fraction of sp³-hybridized carbons (Fsp3) is 0.0714. The maximum Gasteiger partial charge on any atom is 0.341 e. The first kappa shape index (κ1) is 26.5. The first-order valence-corrected chi connectivity index (χ1v) is 11.6. The Bertz CT molecular complexity index is 1550. The van der Waals surface area contributed by atoms with Gasteiger partial charge in [0.15, 0.2) is 0 Å². The molecule has 0 atom stereocenters. The number of hydrogen-bond donors (Lipinski definition) is 4. The van der Waals surface area contributed by atoms with Gasteiger partial charge < -0.3 is 25.6 Å². The number of carbonyl (C=O) groups is 2. The number of phenols is 2. The Hall–Kier alpha value is -5.58. The number of amides is 2. The van der Waals surface area contributed by atoms with Gasteiger partial charge >= 0.3 is 12.0 Å². The van der Waals surface area contributed by atoms with Crippen LogP contribution >= 0.6 is 0 Å². The number of aromatic hydroxyl groups is 2. The highest BCUT2D eigenvalue weighted by atomic mass is 16.5. The van der Waals surface area contributed by atoms with Gasteiger partial charge in [0.2, 0.25) is 0 Å². The Kier molecular flexibility index (Phi) is 8.22. The van der Waals surface area contributed by atoms with Gasteiger partial charge in [-0.15, -0.1) is 0 Å². The smallest absolute Gasteiger partial charge is 0.341 e. The Morgan fingerprint density at radius 3 is 1.56 bits per heavy atom. The van der Waals surface area contributed by atoms with Gasteiger partial charge in [-0.05, 0) is 97.4 Å². The summed E-state index contributed by atoms with van der Waals surface area (Å²) >= 11 is 0. The van der Waals surface area contributed by atoms with E-state index in [1.807, 2.05) is 0 Å². The molecule has 4 aromatic rings. The number of ether oxygens (including phenoxy) is 1. The number of nitrogens with zero attached hydrogens (tertiary/aromatic N) is 4. The monoisotopic (exact) mass is 524 g/mol. The molecule has 196 valence electrons. The van der Waals surface area contributed by atoms with E-state index in [1.54, 1.807) is 73.7 Å². The topological polar surface area (TPSA) is 157 Å². The summed E-state index contributed by atoms with van der Waals surface area (Å²) in [5.74, 6) is -0.691. The molecule has 0 aromatic heterocycles. The summed E-state index contributed by atoms with van der Waals surface area (Å²) in [6.45, 7) is 1.78. The van der Waals surface area contributed by atoms with Crippen molar-refractivity contribution in [2.75, 3.05) is 17.7 Å². The third-order valence-corrected chi connectivity index (χ3v) is 5.38. The molecular formula is C28H24N6O5. The van der Waals surface area contributed by atoms with Crippen LogP contribution in [0.2, 0.25) is 0 Å². The van der Waals surface area contributed by atoms with E-state index in [2.05, 4.69) is 35.8 Å². The molecule has 0 heterocycles. The predicted molar refractivity (Wildman–Crippen MR) is 146 cm³/mol. The van der Waals surface area contributed by atoms with Crippen LogP contribution in [0.25, 0.3) is 0 Å². The molecule has 4 N–H and O–H groups in total. The normalized spacial score (nSPS) is 11.0. The molecular weight excluding hydrogens is 500 g/mol. The molecule has 0 spiro atoms. The molecule has 0 saturated heterocycles. The van der Waals surface area contributed by atoms with Crippen LogP contribution in [-0.2, 0) is 4.74 Å². The van der Waals surface area contributed by atoms with Crippen molar-refractivity contribution in [2.45, 2.75) is 6.92 Å². The van der Waals surface area contributed by atoms with Crippen LogP contribution in [0.5, 0.6) is 11.5 Å². The van der Waals surface area contributed by atoms with Crippen molar-refractivity contribution in [3.8, 4) is 11.5 Å². The van der Waals surface area contributed by atoms with Crippen LogP contribution in [0.1, 0.15) is 15.9 Å². The van der Waals surface area contributed by atoms with Crippen LogP contribution in [0.4, 0.5) is 38.9 Å². The minimum absolute atomic E-state index is 0.0114. The van der Waals surface area contributed by atoms with Crippen molar-refractivity contribution in [1.82, 2.24) is 0 Å². The van der Waals surface area contributed by atoms with E-state index in [4.69, 9.17) is 0 Å². The third kappa shape index (κ3) is 7.23. The molecule has 4 rings (SSSR count). The molecule has 2 amide bonds. The number of azo groups is 2. The van der Waals surface area contributed by atoms with Gasteiger partial charge in [0, 0.05) is 11.4 Å². The van der Waals surface area contributed by atoms with E-state index in [-0.39, 0.29) is 17.1 Å². The number of methoxy groups -OCH3 is 1. The molecule has 4 aromatic carbocycles. The highest BCUT2D eigenvalue weighted by molar-refractivity contribution is 5.99. The van der Waals surface area contributed by atoms with Crippen LogP contribution in [-0.4, -0.2) is 29.3 Å². The van der Waals surface area contributed by atoms with E-state index in [0.29, 0.717) is 39.7 Å². The van der Waals surface area contributed by atoms with Crippen molar-refractivity contribution < 1.29 is 24.5 Å². The average Bonchev–Trinajstić information content (AvgIpc) is 2.94. The summed E-state index contributed by atoms with van der Waals surface area (Å²) in [6.07, 6.45) is 0. The lowest BCUT2D eigenvalue weighted by Crippen LogP contribution is -2.19. The molecule has 0 fully saturated rings. The summed E-state index contributed by atoms with van der Waals surface area (Å²) in [4.78, 5) is 24.1. The lowest BCUT2D eigenvalue weighted by Gasteiger charge is -2.08. The van der Waals surface area contributed by atoms with Gasteiger partial charge in [0.05, 0.1) is 29.9 Å². The second-order valence-electron chi connectivity index (χ2n) is 8.24. The number of rotatable bonds is 7. The maximum absolute atomic E-state index is 12.4. The number of aryl methyl sites for hydroxylation is 1. The van der Waals surface area contributed by atoms with Crippen molar-refractivity contribution in [3.63, 3.8) is 0 Å². The zero-order valence-electron chi connectivity index (χ0n) is 21.0. The van der Waals surface area contributed by atoms with Gasteiger partial charge in [-0.25, -0.2) is 9.59 Å². The lowest BCUT2D eigenvalue weighted by atomic mass is 10.2. The summed E-state index contributed by atoms with van der Waals surface area (Å²) in [5, 5.41) is 41.3. The molecule has 0 saturated carbocycles. The summed E-state index contributed by atoms with van der Waals surface area (Å²) in [7, 11) is 1.22. The maximum atomic E-state index is 12.4. The first-order valence-electron chi connectivity index (χ1n) is 11.6. The number of hydrogen-bond acceptors (Lipinski definition) is 9. The number of carbonyl (C=O) groups excluding carboxylic acids is 2. The second kappa shape index (κ2) is 12.1. The highest BCUT2D eigenvalue weighted by Gasteiger charge is 2.12. The Morgan fingerprint density at radius 2 is 1.08 bits per heavy atom. The molecule has 11 nitrogen and oxygen atoms in total. The minimum Gasteiger partial charge on any atom is -0.508 e. The van der Waals surface area contributed by atoms with E-state index < -0.39 is 12.0 Å². The van der Waals surface area contributed by atoms with E-state index >= 15 is 0 Å². The first-order chi connectivity index (χ1) is 18.8. The van der Waals surface area contributed by atoms with E-state index in [1.165, 1.54) is 25.3 Å². The quantitative estimate of drug-likeness (QED) is 0.144. The van der Waals surface area contributed by atoms with Crippen LogP contribution < -0.4 is 10.6 Å². The predicted octanol–water partition coefficient (Wildman–Crippen LogP) is 7.67. The Morgan fingerprint density at radius 1 is 0.641 bits per heavy atom. The third-order valence-electron chi connectivity index (χ3n) is 5.38. The largest absolute Gasteiger partial charge is 0.508 e. The van der Waals surface area contributed by atoms with Gasteiger partial charge in [0.1, 0.15) is 17.1 Å². The van der Waals surface area contributed by atoms with Crippen LogP contribution in [0.15, 0.2) is 105 Å². The van der Waals surface area contributed by atoms with Gasteiger partial charge in [0.25, 0.3) is 0 Å². The Balaban J connectivity index is 1.31. The van der Waals surface area contributed by atoms with Crippen LogP contribution in [0, 0.1) is 6.92 Å². The number of anilines is 2. The number of phenolic OH excluding ortho intramolecular Hbond substituents is 2. The minimum atomic E-state index is -0.680. The number of nitrogens with one attached hydrogen (secondary N) is 2. The van der Waals surface area contributed by atoms with Crippen molar-refractivity contribution in [2.24, 2.45) is 20.5 Å². The number of esters is 1. The molecule has 11 heteroatoms. The lowest BCUT2D eigenvalue weighted by molar-refractivity contribution is 0.0597. The fourth-order valence-corrected chi connectivity index (χ4v) is 3.31. The van der Waals surface area contributed by atoms with Gasteiger partial charge in [-0.2, -0.15) is 20.5 Å². The number of urea groups is 1. The van der Waals surface area contributed by atoms with Crippen molar-refractivity contribution >= 4 is 46.1 Å². The summed E-state index contributed by atoms with van der Waals surface area (Å²) in [6, 6.07) is 22.2. The summed E-state index contributed by atoms with van der Waals surface area (Å²) in [5.41, 5.74) is 3.90. The zero-order chi connectivity index (χ0) is 27.8.